The highest BCUT2D eigenvalue weighted by Gasteiger charge is 2.26. The third-order valence-corrected chi connectivity index (χ3v) is 5.32. The van der Waals surface area contributed by atoms with E-state index in [0.29, 0.717) is 35.7 Å². The number of likely N-dealkylation sites (tertiary alicyclic amines) is 1. The van der Waals surface area contributed by atoms with Crippen molar-refractivity contribution in [2.24, 2.45) is 0 Å². The van der Waals surface area contributed by atoms with Crippen molar-refractivity contribution in [2.75, 3.05) is 19.9 Å². The van der Waals surface area contributed by atoms with Gasteiger partial charge in [0, 0.05) is 34.7 Å². The van der Waals surface area contributed by atoms with Gasteiger partial charge < -0.3 is 19.7 Å². The van der Waals surface area contributed by atoms with Gasteiger partial charge in [0.2, 0.25) is 6.79 Å². The first kappa shape index (κ1) is 17.9. The monoisotopic (exact) mass is 430 g/mol. The van der Waals surface area contributed by atoms with Gasteiger partial charge in [-0.15, -0.1) is 0 Å². The second-order valence-electron chi connectivity index (χ2n) is 6.62. The fourth-order valence-corrected chi connectivity index (χ4v) is 3.74. The molecule has 0 aliphatic carbocycles. The van der Waals surface area contributed by atoms with E-state index in [1.165, 1.54) is 0 Å². The van der Waals surface area contributed by atoms with Crippen molar-refractivity contribution < 1.29 is 19.1 Å². The van der Waals surface area contributed by atoms with Crippen molar-refractivity contribution in [3.8, 4) is 11.5 Å². The molecule has 2 aromatic carbocycles. The average Bonchev–Trinajstić information content (AvgIpc) is 3.16. The van der Waals surface area contributed by atoms with Gasteiger partial charge in [0.05, 0.1) is 0 Å². The van der Waals surface area contributed by atoms with Gasteiger partial charge in [-0.05, 0) is 49.2 Å². The zero-order valence-corrected chi connectivity index (χ0v) is 16.2. The van der Waals surface area contributed by atoms with Crippen molar-refractivity contribution in [3.05, 3.63) is 58.1 Å². The summed E-state index contributed by atoms with van der Waals surface area (Å²) in [5.41, 5.74) is 1.22. The Morgan fingerprint density at radius 2 is 1.78 bits per heavy atom. The lowest BCUT2D eigenvalue weighted by molar-refractivity contribution is 0.0697. The number of benzene rings is 2. The van der Waals surface area contributed by atoms with Crippen LogP contribution in [0.15, 0.2) is 46.9 Å². The Balaban J connectivity index is 1.33. The topological polar surface area (TPSA) is 67.9 Å². The maximum absolute atomic E-state index is 12.7. The Hall–Kier alpha value is -2.54. The normalized spacial score (nSPS) is 16.3. The van der Waals surface area contributed by atoms with Gasteiger partial charge in [-0.25, -0.2) is 0 Å². The Labute approximate surface area is 165 Å². The Morgan fingerprint density at radius 1 is 1.00 bits per heavy atom. The van der Waals surface area contributed by atoms with Crippen LogP contribution in [-0.2, 0) is 0 Å². The molecular formula is C20H19BrN2O4. The standard InChI is InChI=1S/C20H19BrN2O4/c21-15-3-1-2-13(10-15)19(24)22-16-6-8-23(9-7-16)20(25)14-4-5-17-18(11-14)27-12-26-17/h1-5,10-11,16H,6-9,12H2,(H,22,24). The van der Waals surface area contributed by atoms with E-state index in [1.54, 1.807) is 30.3 Å². The number of carbonyl (C=O) groups is 2. The van der Waals surface area contributed by atoms with Crippen LogP contribution in [0.5, 0.6) is 11.5 Å². The Bertz CT molecular complexity index is 878. The molecule has 0 saturated carbocycles. The number of amides is 2. The van der Waals surface area contributed by atoms with E-state index >= 15 is 0 Å². The SMILES string of the molecule is O=C(NC1CCN(C(=O)c2ccc3c(c2)OCO3)CC1)c1cccc(Br)c1. The predicted molar refractivity (Wildman–Crippen MR) is 103 cm³/mol. The lowest BCUT2D eigenvalue weighted by Gasteiger charge is -2.32. The van der Waals surface area contributed by atoms with Crippen LogP contribution in [0.3, 0.4) is 0 Å². The lowest BCUT2D eigenvalue weighted by Crippen LogP contribution is -2.46. The van der Waals surface area contributed by atoms with Gasteiger partial charge in [-0.2, -0.15) is 0 Å². The molecule has 1 N–H and O–H groups in total. The first-order valence-corrected chi connectivity index (χ1v) is 9.65. The molecule has 0 radical (unpaired) electrons. The van der Waals surface area contributed by atoms with Crippen LogP contribution in [0, 0.1) is 0 Å². The largest absolute Gasteiger partial charge is 0.454 e. The minimum atomic E-state index is -0.0863. The number of fused-ring (bicyclic) bond motifs is 1. The summed E-state index contributed by atoms with van der Waals surface area (Å²) in [4.78, 5) is 26.9. The van der Waals surface area contributed by atoms with Gasteiger partial charge in [-0.3, -0.25) is 9.59 Å². The van der Waals surface area contributed by atoms with Crippen LogP contribution in [0.4, 0.5) is 0 Å². The van der Waals surface area contributed by atoms with E-state index in [0.717, 1.165) is 17.3 Å². The molecule has 4 rings (SSSR count). The van der Waals surface area contributed by atoms with Crippen LogP contribution in [-0.4, -0.2) is 42.6 Å². The molecule has 0 aromatic heterocycles. The highest BCUT2D eigenvalue weighted by atomic mass is 79.9. The summed E-state index contributed by atoms with van der Waals surface area (Å²) in [5, 5.41) is 3.06. The van der Waals surface area contributed by atoms with E-state index in [1.807, 2.05) is 17.0 Å². The number of nitrogens with zero attached hydrogens (tertiary/aromatic N) is 1. The number of nitrogens with one attached hydrogen (secondary N) is 1. The number of hydrogen-bond acceptors (Lipinski definition) is 4. The second kappa shape index (κ2) is 7.60. The number of rotatable bonds is 3. The molecule has 1 fully saturated rings. The molecule has 0 atom stereocenters. The molecule has 1 saturated heterocycles. The molecule has 2 aromatic rings. The summed E-state index contributed by atoms with van der Waals surface area (Å²) in [6, 6.07) is 12.6. The summed E-state index contributed by atoms with van der Waals surface area (Å²) < 4.78 is 11.5. The van der Waals surface area contributed by atoms with Crippen molar-refractivity contribution in [3.63, 3.8) is 0 Å². The summed E-state index contributed by atoms with van der Waals surface area (Å²) in [6.45, 7) is 1.41. The van der Waals surface area contributed by atoms with Gasteiger partial charge in [0.1, 0.15) is 0 Å². The lowest BCUT2D eigenvalue weighted by atomic mass is 10.0. The molecule has 7 heteroatoms. The average molecular weight is 431 g/mol. The fourth-order valence-electron chi connectivity index (χ4n) is 3.34. The summed E-state index contributed by atoms with van der Waals surface area (Å²) in [7, 11) is 0. The predicted octanol–water partition coefficient (Wildman–Crippen LogP) is 3.21. The zero-order valence-electron chi connectivity index (χ0n) is 14.6. The first-order valence-electron chi connectivity index (χ1n) is 8.85. The molecule has 0 unspecified atom stereocenters. The molecule has 2 amide bonds. The third kappa shape index (κ3) is 3.93. The number of carbonyl (C=O) groups excluding carboxylic acids is 2. The molecule has 6 nitrogen and oxygen atoms in total. The molecule has 27 heavy (non-hydrogen) atoms. The highest BCUT2D eigenvalue weighted by Crippen LogP contribution is 2.33. The van der Waals surface area contributed by atoms with Gasteiger partial charge >= 0.3 is 0 Å². The van der Waals surface area contributed by atoms with Crippen molar-refractivity contribution in [1.29, 1.82) is 0 Å². The van der Waals surface area contributed by atoms with E-state index in [-0.39, 0.29) is 24.6 Å². The van der Waals surface area contributed by atoms with E-state index in [4.69, 9.17) is 9.47 Å². The third-order valence-electron chi connectivity index (χ3n) is 4.82. The minimum absolute atomic E-state index is 0.0231. The molecule has 2 aliphatic heterocycles. The number of halogens is 1. The van der Waals surface area contributed by atoms with Crippen LogP contribution >= 0.6 is 15.9 Å². The Kier molecular flexibility index (Phi) is 5.03. The smallest absolute Gasteiger partial charge is 0.253 e. The first-order chi connectivity index (χ1) is 13.1. The van der Waals surface area contributed by atoms with Gasteiger partial charge in [0.25, 0.3) is 11.8 Å². The molecule has 2 aliphatic rings. The molecule has 2 heterocycles. The van der Waals surface area contributed by atoms with Gasteiger partial charge in [-0.1, -0.05) is 22.0 Å². The fraction of sp³-hybridized carbons (Fsp3) is 0.300. The van der Waals surface area contributed by atoms with E-state index < -0.39 is 0 Å². The number of hydrogen-bond donors (Lipinski definition) is 1. The van der Waals surface area contributed by atoms with Crippen LogP contribution < -0.4 is 14.8 Å². The summed E-state index contributed by atoms with van der Waals surface area (Å²) in [5.74, 6) is 1.17. The highest BCUT2D eigenvalue weighted by molar-refractivity contribution is 9.10. The van der Waals surface area contributed by atoms with Crippen LogP contribution in [0.2, 0.25) is 0 Å². The maximum Gasteiger partial charge on any atom is 0.253 e. The molecule has 0 bridgehead atoms. The quantitative estimate of drug-likeness (QED) is 0.811. The maximum atomic E-state index is 12.7. The Morgan fingerprint density at radius 3 is 2.56 bits per heavy atom. The van der Waals surface area contributed by atoms with E-state index in [2.05, 4.69) is 21.2 Å². The zero-order chi connectivity index (χ0) is 18.8. The van der Waals surface area contributed by atoms with Crippen molar-refractivity contribution in [1.82, 2.24) is 10.2 Å². The molecule has 140 valence electrons. The molecular weight excluding hydrogens is 412 g/mol. The molecule has 0 spiro atoms. The number of piperidine rings is 1. The number of ether oxygens (including phenoxy) is 2. The second-order valence-corrected chi connectivity index (χ2v) is 7.53. The summed E-state index contributed by atoms with van der Waals surface area (Å²) >= 11 is 3.38. The summed E-state index contributed by atoms with van der Waals surface area (Å²) in [6.07, 6.45) is 1.46. The van der Waals surface area contributed by atoms with Crippen LogP contribution in [0.25, 0.3) is 0 Å². The van der Waals surface area contributed by atoms with Crippen molar-refractivity contribution >= 4 is 27.7 Å². The minimum Gasteiger partial charge on any atom is -0.454 e. The van der Waals surface area contributed by atoms with E-state index in [9.17, 15) is 9.59 Å². The van der Waals surface area contributed by atoms with Crippen molar-refractivity contribution in [2.45, 2.75) is 18.9 Å². The van der Waals surface area contributed by atoms with Crippen LogP contribution in [0.1, 0.15) is 33.6 Å². The van der Waals surface area contributed by atoms with Gasteiger partial charge in [0.15, 0.2) is 11.5 Å².